The molecule has 4 bridgehead atoms. The molecule has 0 saturated heterocycles. The van der Waals surface area contributed by atoms with Crippen LogP contribution in [0.25, 0.3) is 0 Å². The van der Waals surface area contributed by atoms with E-state index in [0.717, 1.165) is 24.3 Å². The predicted octanol–water partition coefficient (Wildman–Crippen LogP) is 2.13. The van der Waals surface area contributed by atoms with Gasteiger partial charge in [0.05, 0.1) is 6.10 Å². The first kappa shape index (κ1) is 11.0. The van der Waals surface area contributed by atoms with E-state index in [0.29, 0.717) is 5.41 Å². The molecule has 0 aliphatic heterocycles. The Labute approximate surface area is 99.0 Å². The molecule has 92 valence electrons. The summed E-state index contributed by atoms with van der Waals surface area (Å²) in [5.74, 6) is 2.84. The van der Waals surface area contributed by atoms with E-state index in [1.54, 1.807) is 0 Å². The first-order chi connectivity index (χ1) is 7.57. The molecule has 0 radical (unpaired) electrons. The van der Waals surface area contributed by atoms with Crippen LogP contribution in [0.2, 0.25) is 0 Å². The van der Waals surface area contributed by atoms with Gasteiger partial charge in [0, 0.05) is 6.54 Å². The number of likely N-dealkylation sites (N-methyl/N-ethyl adjacent to an activating group) is 1. The van der Waals surface area contributed by atoms with Gasteiger partial charge in [0.2, 0.25) is 0 Å². The van der Waals surface area contributed by atoms with Gasteiger partial charge < -0.3 is 10.0 Å². The van der Waals surface area contributed by atoms with E-state index in [9.17, 15) is 5.11 Å². The van der Waals surface area contributed by atoms with Crippen LogP contribution in [-0.2, 0) is 0 Å². The topological polar surface area (TPSA) is 23.5 Å². The molecule has 0 amide bonds. The highest BCUT2D eigenvalue weighted by Crippen LogP contribution is 2.61. The number of nitrogens with zero attached hydrogens (tertiary/aromatic N) is 1. The smallest absolute Gasteiger partial charge is 0.0723 e. The molecular weight excluding hydrogens is 198 g/mol. The molecule has 0 unspecified atom stereocenters. The van der Waals surface area contributed by atoms with E-state index in [2.05, 4.69) is 19.0 Å². The molecule has 0 heterocycles. The van der Waals surface area contributed by atoms with Crippen LogP contribution in [0, 0.1) is 23.2 Å². The molecule has 4 aliphatic carbocycles. The van der Waals surface area contributed by atoms with Crippen LogP contribution in [0.1, 0.15) is 38.5 Å². The Morgan fingerprint density at radius 3 is 1.88 bits per heavy atom. The van der Waals surface area contributed by atoms with Crippen LogP contribution in [-0.4, -0.2) is 36.8 Å². The van der Waals surface area contributed by atoms with Gasteiger partial charge in [-0.1, -0.05) is 0 Å². The van der Waals surface area contributed by atoms with Crippen LogP contribution in [0.5, 0.6) is 0 Å². The summed E-state index contributed by atoms with van der Waals surface area (Å²) in [6.07, 6.45) is 8.25. The van der Waals surface area contributed by atoms with Crippen molar-refractivity contribution in [2.24, 2.45) is 23.2 Å². The van der Waals surface area contributed by atoms with Gasteiger partial charge >= 0.3 is 0 Å². The first-order valence-corrected chi connectivity index (χ1v) is 6.90. The lowest BCUT2D eigenvalue weighted by Crippen LogP contribution is -2.53. The van der Waals surface area contributed by atoms with Crippen LogP contribution in [0.3, 0.4) is 0 Å². The van der Waals surface area contributed by atoms with Crippen molar-refractivity contribution in [2.75, 3.05) is 20.6 Å². The zero-order chi connectivity index (χ0) is 11.3. The molecule has 16 heavy (non-hydrogen) atoms. The summed E-state index contributed by atoms with van der Waals surface area (Å²) in [5, 5.41) is 10.5. The average Bonchev–Trinajstić information content (AvgIpc) is 2.13. The molecule has 0 spiro atoms. The largest absolute Gasteiger partial charge is 0.391 e. The molecular formula is C14H25NO. The summed E-state index contributed by atoms with van der Waals surface area (Å²) in [5.41, 5.74) is 0.305. The number of hydrogen-bond acceptors (Lipinski definition) is 2. The van der Waals surface area contributed by atoms with Gasteiger partial charge in [-0.2, -0.15) is 0 Å². The maximum absolute atomic E-state index is 10.5. The highest BCUT2D eigenvalue weighted by molar-refractivity contribution is 5.04. The Kier molecular flexibility index (Phi) is 2.56. The Hall–Kier alpha value is -0.0800. The van der Waals surface area contributed by atoms with Gasteiger partial charge in [-0.25, -0.2) is 0 Å². The Morgan fingerprint density at radius 1 is 1.06 bits per heavy atom. The van der Waals surface area contributed by atoms with E-state index >= 15 is 0 Å². The quantitative estimate of drug-likeness (QED) is 0.792. The molecule has 0 aromatic carbocycles. The zero-order valence-corrected chi connectivity index (χ0v) is 10.7. The molecule has 4 rings (SSSR count). The summed E-state index contributed by atoms with van der Waals surface area (Å²) >= 11 is 0. The summed E-state index contributed by atoms with van der Waals surface area (Å²) < 4.78 is 0. The molecule has 1 atom stereocenters. The van der Waals surface area contributed by atoms with Crippen LogP contribution < -0.4 is 0 Å². The van der Waals surface area contributed by atoms with Gasteiger partial charge in [0.1, 0.15) is 0 Å². The van der Waals surface area contributed by atoms with Crippen molar-refractivity contribution in [1.29, 1.82) is 0 Å². The van der Waals surface area contributed by atoms with Crippen molar-refractivity contribution >= 4 is 0 Å². The molecule has 4 aliphatic rings. The van der Waals surface area contributed by atoms with E-state index in [4.69, 9.17) is 0 Å². The second-order valence-electron chi connectivity index (χ2n) is 7.06. The van der Waals surface area contributed by atoms with Crippen LogP contribution in [0.15, 0.2) is 0 Å². The molecule has 2 nitrogen and oxygen atoms in total. The Morgan fingerprint density at radius 2 is 1.50 bits per heavy atom. The third-order valence-electron chi connectivity index (χ3n) is 5.33. The molecule has 1 N–H and O–H groups in total. The van der Waals surface area contributed by atoms with Crippen molar-refractivity contribution in [3.63, 3.8) is 0 Å². The van der Waals surface area contributed by atoms with Gasteiger partial charge in [-0.15, -0.1) is 0 Å². The number of hydrogen-bond donors (Lipinski definition) is 1. The highest BCUT2D eigenvalue weighted by atomic mass is 16.3. The van der Waals surface area contributed by atoms with Gasteiger partial charge in [0.15, 0.2) is 0 Å². The van der Waals surface area contributed by atoms with E-state index in [-0.39, 0.29) is 6.10 Å². The van der Waals surface area contributed by atoms with E-state index < -0.39 is 0 Å². The zero-order valence-electron chi connectivity index (χ0n) is 10.7. The fraction of sp³-hybridized carbons (Fsp3) is 1.00. The van der Waals surface area contributed by atoms with Gasteiger partial charge in [-0.05, 0) is 75.8 Å². The third-order valence-corrected chi connectivity index (χ3v) is 5.33. The molecule has 0 aromatic heterocycles. The maximum atomic E-state index is 10.5. The van der Waals surface area contributed by atoms with Crippen LogP contribution in [0.4, 0.5) is 0 Å². The molecule has 4 saturated carbocycles. The predicted molar refractivity (Wildman–Crippen MR) is 65.2 cm³/mol. The summed E-state index contributed by atoms with van der Waals surface area (Å²) in [4.78, 5) is 2.14. The summed E-state index contributed by atoms with van der Waals surface area (Å²) in [6, 6.07) is 0. The van der Waals surface area contributed by atoms with Crippen molar-refractivity contribution in [1.82, 2.24) is 4.90 Å². The van der Waals surface area contributed by atoms with E-state index in [1.165, 1.54) is 38.5 Å². The summed E-state index contributed by atoms with van der Waals surface area (Å²) in [6.45, 7) is 0.853. The normalized spacial score (nSPS) is 47.6. The monoisotopic (exact) mass is 223 g/mol. The fourth-order valence-corrected chi connectivity index (χ4v) is 5.13. The van der Waals surface area contributed by atoms with Crippen molar-refractivity contribution in [3.05, 3.63) is 0 Å². The SMILES string of the molecule is CN(C)C[C@@H](O)C12CC3CC(CC(C3)C1)C2. The lowest BCUT2D eigenvalue weighted by Gasteiger charge is -2.58. The molecule has 2 heteroatoms. The van der Waals surface area contributed by atoms with Crippen LogP contribution >= 0.6 is 0 Å². The molecule has 4 fully saturated rings. The Balaban J connectivity index is 1.77. The van der Waals surface area contributed by atoms with Gasteiger partial charge in [-0.3, -0.25) is 0 Å². The standard InChI is InChI=1S/C14H25NO/c1-15(2)9-13(16)14-6-10-3-11(7-14)5-12(4-10)8-14/h10-13,16H,3-9H2,1-2H3/t10?,11?,12?,13-,14?/m1/s1. The minimum Gasteiger partial charge on any atom is -0.391 e. The van der Waals surface area contributed by atoms with Crippen molar-refractivity contribution in [3.8, 4) is 0 Å². The lowest BCUT2D eigenvalue weighted by molar-refractivity contribution is -0.124. The lowest BCUT2D eigenvalue weighted by atomic mass is 9.48. The Bertz CT molecular complexity index is 239. The average molecular weight is 223 g/mol. The molecule has 0 aromatic rings. The fourth-order valence-electron chi connectivity index (χ4n) is 5.13. The van der Waals surface area contributed by atoms with Crippen molar-refractivity contribution in [2.45, 2.75) is 44.6 Å². The van der Waals surface area contributed by atoms with E-state index in [1.807, 2.05) is 0 Å². The second kappa shape index (κ2) is 3.71. The first-order valence-electron chi connectivity index (χ1n) is 6.90. The van der Waals surface area contributed by atoms with Gasteiger partial charge in [0.25, 0.3) is 0 Å². The summed E-state index contributed by atoms with van der Waals surface area (Å²) in [7, 11) is 4.15. The second-order valence-corrected chi connectivity index (χ2v) is 7.06. The number of rotatable bonds is 3. The minimum atomic E-state index is -0.0871. The maximum Gasteiger partial charge on any atom is 0.0723 e. The number of aliphatic hydroxyl groups is 1. The number of aliphatic hydroxyl groups excluding tert-OH is 1. The van der Waals surface area contributed by atoms with Crippen molar-refractivity contribution < 1.29 is 5.11 Å². The highest BCUT2D eigenvalue weighted by Gasteiger charge is 2.53. The minimum absolute atomic E-state index is 0.0871. The third kappa shape index (κ3) is 1.70.